The average Bonchev–Trinajstić information content (AvgIpc) is 2.65. The van der Waals surface area contributed by atoms with Gasteiger partial charge in [0, 0.05) is 0 Å². The molecule has 1 aliphatic heterocycles. The Morgan fingerprint density at radius 3 is 2.57 bits per heavy atom. The van der Waals surface area contributed by atoms with Crippen molar-refractivity contribution in [1.82, 2.24) is 5.32 Å². The van der Waals surface area contributed by atoms with Crippen molar-refractivity contribution >= 4 is 0 Å². The van der Waals surface area contributed by atoms with E-state index in [-0.39, 0.29) is 12.1 Å². The Hall–Kier alpha value is -1.06. The van der Waals surface area contributed by atoms with Crippen LogP contribution in [0.4, 0.5) is 0 Å². The molecule has 0 aliphatic carbocycles. The Morgan fingerprint density at radius 1 is 1.36 bits per heavy atom. The fourth-order valence-corrected chi connectivity index (χ4v) is 1.84. The highest BCUT2D eigenvalue weighted by Crippen LogP contribution is 2.25. The molecule has 0 bridgehead atoms. The minimum atomic E-state index is -0.261. The molecule has 1 aromatic rings. The first kappa shape index (κ1) is 9.49. The summed E-state index contributed by atoms with van der Waals surface area (Å²) < 4.78 is 5.08. The molecule has 0 amide bonds. The lowest BCUT2D eigenvalue weighted by molar-refractivity contribution is 0.160. The maximum absolute atomic E-state index is 9.68. The van der Waals surface area contributed by atoms with E-state index in [1.165, 1.54) is 0 Å². The standard InChI is InChI=1S/C11H15NO2/c1-14-9-4-2-8(3-5-9)11-10(13)6-7-12-11/h2-5,10-13H,6-7H2,1H3/t10-,11+/m0/s1. The van der Waals surface area contributed by atoms with E-state index in [9.17, 15) is 5.11 Å². The lowest BCUT2D eigenvalue weighted by Gasteiger charge is -2.15. The van der Waals surface area contributed by atoms with E-state index < -0.39 is 0 Å². The molecule has 3 heteroatoms. The normalized spacial score (nSPS) is 26.4. The van der Waals surface area contributed by atoms with Gasteiger partial charge in [-0.25, -0.2) is 0 Å². The van der Waals surface area contributed by atoms with Gasteiger partial charge in [0.25, 0.3) is 0 Å². The van der Waals surface area contributed by atoms with E-state index >= 15 is 0 Å². The van der Waals surface area contributed by atoms with Gasteiger partial charge in [0.2, 0.25) is 0 Å². The predicted octanol–water partition coefficient (Wildman–Crippen LogP) is 1.09. The van der Waals surface area contributed by atoms with Crippen molar-refractivity contribution in [3.63, 3.8) is 0 Å². The van der Waals surface area contributed by atoms with Crippen molar-refractivity contribution in [2.45, 2.75) is 18.6 Å². The molecule has 0 aromatic heterocycles. The first-order valence-electron chi connectivity index (χ1n) is 4.86. The van der Waals surface area contributed by atoms with Crippen LogP contribution in [-0.4, -0.2) is 24.9 Å². The van der Waals surface area contributed by atoms with E-state index in [0.717, 1.165) is 24.3 Å². The molecule has 1 aliphatic rings. The number of hydrogen-bond donors (Lipinski definition) is 2. The molecule has 2 N–H and O–H groups in total. The summed E-state index contributed by atoms with van der Waals surface area (Å²) in [5.41, 5.74) is 1.12. The maximum Gasteiger partial charge on any atom is 0.118 e. The fraction of sp³-hybridized carbons (Fsp3) is 0.455. The lowest BCUT2D eigenvalue weighted by atomic mass is 10.0. The molecule has 0 spiro atoms. The summed E-state index contributed by atoms with van der Waals surface area (Å²) in [7, 11) is 1.65. The maximum atomic E-state index is 9.68. The molecular weight excluding hydrogens is 178 g/mol. The van der Waals surface area contributed by atoms with Gasteiger partial charge >= 0.3 is 0 Å². The number of hydrogen-bond acceptors (Lipinski definition) is 3. The van der Waals surface area contributed by atoms with Crippen LogP contribution in [0.15, 0.2) is 24.3 Å². The van der Waals surface area contributed by atoms with E-state index in [2.05, 4.69) is 5.32 Å². The summed E-state index contributed by atoms with van der Waals surface area (Å²) in [6.07, 6.45) is 0.569. The van der Waals surface area contributed by atoms with Crippen LogP contribution in [-0.2, 0) is 0 Å². The highest BCUT2D eigenvalue weighted by Gasteiger charge is 2.25. The van der Waals surface area contributed by atoms with Gasteiger partial charge in [0.15, 0.2) is 0 Å². The molecule has 2 rings (SSSR count). The predicted molar refractivity (Wildman–Crippen MR) is 54.4 cm³/mol. The molecule has 76 valence electrons. The van der Waals surface area contributed by atoms with Crippen LogP contribution in [0.1, 0.15) is 18.0 Å². The Bertz CT molecular complexity index is 297. The smallest absolute Gasteiger partial charge is 0.118 e. The van der Waals surface area contributed by atoms with Gasteiger partial charge in [-0.1, -0.05) is 12.1 Å². The van der Waals surface area contributed by atoms with Crippen LogP contribution in [0.25, 0.3) is 0 Å². The number of aliphatic hydroxyl groups excluding tert-OH is 1. The molecule has 3 nitrogen and oxygen atoms in total. The highest BCUT2D eigenvalue weighted by molar-refractivity contribution is 5.30. The molecule has 2 atom stereocenters. The van der Waals surface area contributed by atoms with Crippen LogP contribution in [0.3, 0.4) is 0 Å². The van der Waals surface area contributed by atoms with E-state index in [4.69, 9.17) is 4.74 Å². The summed E-state index contributed by atoms with van der Waals surface area (Å²) in [6, 6.07) is 7.90. The SMILES string of the molecule is COc1ccc([C@H]2NCC[C@@H]2O)cc1. The highest BCUT2D eigenvalue weighted by atomic mass is 16.5. The molecule has 0 unspecified atom stereocenters. The Balaban J connectivity index is 2.16. The molecule has 1 heterocycles. The summed E-state index contributed by atoms with van der Waals surface area (Å²) in [5.74, 6) is 0.848. The fourth-order valence-electron chi connectivity index (χ4n) is 1.84. The van der Waals surface area contributed by atoms with Gasteiger partial charge in [-0.3, -0.25) is 0 Å². The third-order valence-corrected chi connectivity index (χ3v) is 2.66. The van der Waals surface area contributed by atoms with Gasteiger partial charge in [0.1, 0.15) is 5.75 Å². The minimum absolute atomic E-state index is 0.0842. The van der Waals surface area contributed by atoms with Crippen LogP contribution in [0.2, 0.25) is 0 Å². The molecule has 1 aromatic carbocycles. The molecule has 14 heavy (non-hydrogen) atoms. The number of ether oxygens (including phenoxy) is 1. The number of benzene rings is 1. The first-order valence-corrected chi connectivity index (χ1v) is 4.86. The molecule has 1 saturated heterocycles. The zero-order valence-corrected chi connectivity index (χ0v) is 8.23. The minimum Gasteiger partial charge on any atom is -0.497 e. The van der Waals surface area contributed by atoms with Gasteiger partial charge in [0.05, 0.1) is 19.3 Å². The zero-order valence-electron chi connectivity index (χ0n) is 8.23. The van der Waals surface area contributed by atoms with Gasteiger partial charge in [-0.15, -0.1) is 0 Å². The summed E-state index contributed by atoms with van der Waals surface area (Å²) in [6.45, 7) is 0.887. The van der Waals surface area contributed by atoms with Crippen LogP contribution in [0.5, 0.6) is 5.75 Å². The van der Waals surface area contributed by atoms with Gasteiger partial charge < -0.3 is 15.2 Å². The lowest BCUT2D eigenvalue weighted by Crippen LogP contribution is -2.20. The second kappa shape index (κ2) is 3.98. The quantitative estimate of drug-likeness (QED) is 0.738. The Morgan fingerprint density at radius 2 is 2.07 bits per heavy atom. The third-order valence-electron chi connectivity index (χ3n) is 2.66. The van der Waals surface area contributed by atoms with Crippen molar-refractivity contribution in [3.8, 4) is 5.75 Å². The number of methoxy groups -OCH3 is 1. The Kier molecular flexibility index (Phi) is 2.70. The number of aliphatic hydroxyl groups is 1. The van der Waals surface area contributed by atoms with Crippen LogP contribution >= 0.6 is 0 Å². The van der Waals surface area contributed by atoms with Gasteiger partial charge in [-0.2, -0.15) is 0 Å². The zero-order chi connectivity index (χ0) is 9.97. The van der Waals surface area contributed by atoms with Gasteiger partial charge in [-0.05, 0) is 30.7 Å². The van der Waals surface area contributed by atoms with Crippen molar-refractivity contribution in [1.29, 1.82) is 0 Å². The number of rotatable bonds is 2. The van der Waals surface area contributed by atoms with Crippen LogP contribution in [0, 0.1) is 0 Å². The first-order chi connectivity index (χ1) is 6.81. The number of nitrogens with one attached hydrogen (secondary N) is 1. The second-order valence-corrected chi connectivity index (χ2v) is 3.56. The van der Waals surface area contributed by atoms with Crippen molar-refractivity contribution in [2.75, 3.05) is 13.7 Å². The van der Waals surface area contributed by atoms with Crippen molar-refractivity contribution in [3.05, 3.63) is 29.8 Å². The Labute approximate surface area is 83.7 Å². The van der Waals surface area contributed by atoms with E-state index in [1.54, 1.807) is 7.11 Å². The summed E-state index contributed by atoms with van der Waals surface area (Å²) >= 11 is 0. The summed E-state index contributed by atoms with van der Waals surface area (Å²) in [4.78, 5) is 0. The third kappa shape index (κ3) is 1.74. The molecule has 0 radical (unpaired) electrons. The summed E-state index contributed by atoms with van der Waals surface area (Å²) in [5, 5.41) is 12.9. The average molecular weight is 193 g/mol. The van der Waals surface area contributed by atoms with E-state index in [1.807, 2.05) is 24.3 Å². The van der Waals surface area contributed by atoms with Crippen molar-refractivity contribution < 1.29 is 9.84 Å². The van der Waals surface area contributed by atoms with Crippen LogP contribution < -0.4 is 10.1 Å². The molecule has 1 fully saturated rings. The van der Waals surface area contributed by atoms with Crippen molar-refractivity contribution in [2.24, 2.45) is 0 Å². The molecular formula is C11H15NO2. The second-order valence-electron chi connectivity index (χ2n) is 3.56. The van der Waals surface area contributed by atoms with E-state index in [0.29, 0.717) is 0 Å². The monoisotopic (exact) mass is 193 g/mol. The molecule has 0 saturated carbocycles. The largest absolute Gasteiger partial charge is 0.497 e. The topological polar surface area (TPSA) is 41.5 Å².